The first-order valence-corrected chi connectivity index (χ1v) is 9.53. The molecule has 2 heterocycles. The van der Waals surface area contributed by atoms with Crippen molar-refractivity contribution in [1.82, 2.24) is 20.2 Å². The summed E-state index contributed by atoms with van der Waals surface area (Å²) in [6.07, 6.45) is 5.50. The Morgan fingerprint density at radius 2 is 1.42 bits per heavy atom. The summed E-state index contributed by atoms with van der Waals surface area (Å²) < 4.78 is 0. The van der Waals surface area contributed by atoms with Gasteiger partial charge in [-0.3, -0.25) is 0 Å². The Kier molecular flexibility index (Phi) is 8.12. The Hall–Kier alpha value is -3.89. The van der Waals surface area contributed by atoms with E-state index in [9.17, 15) is 0 Å². The van der Waals surface area contributed by atoms with Crippen LogP contribution in [0.2, 0.25) is 0 Å². The molecule has 0 saturated carbocycles. The van der Waals surface area contributed by atoms with Gasteiger partial charge in [-0.1, -0.05) is 31.7 Å². The molecule has 0 saturated heterocycles. The molecular weight excluding hydrogens is 386 g/mol. The van der Waals surface area contributed by atoms with Crippen LogP contribution in [0.1, 0.15) is 18.6 Å². The van der Waals surface area contributed by atoms with E-state index in [4.69, 9.17) is 16.7 Å². The first-order valence-electron chi connectivity index (χ1n) is 9.53. The van der Waals surface area contributed by atoms with Gasteiger partial charge in [0.2, 0.25) is 0 Å². The van der Waals surface area contributed by atoms with Crippen molar-refractivity contribution in [1.29, 1.82) is 5.26 Å². The van der Waals surface area contributed by atoms with Crippen LogP contribution in [0.5, 0.6) is 0 Å². The monoisotopic (exact) mass is 415 g/mol. The van der Waals surface area contributed by atoms with Crippen molar-refractivity contribution in [3.63, 3.8) is 0 Å². The van der Waals surface area contributed by atoms with Crippen molar-refractivity contribution in [2.24, 2.45) is 0 Å². The molecule has 0 unspecified atom stereocenters. The number of nitrogens with zero attached hydrogens (tertiary/aromatic N) is 4. The van der Waals surface area contributed by atoms with Crippen LogP contribution in [0.25, 0.3) is 21.5 Å². The number of nitrogen functional groups attached to an aromatic ring is 2. The van der Waals surface area contributed by atoms with Crippen LogP contribution in [-0.2, 0) is 13.1 Å². The summed E-state index contributed by atoms with van der Waals surface area (Å²) in [6.45, 7) is 1.48. The number of nitriles is 1. The number of aromatic nitrogens is 2. The van der Waals surface area contributed by atoms with Crippen molar-refractivity contribution in [3.8, 4) is 6.19 Å². The number of fused-ring (bicyclic) bond motifs is 2. The molecule has 0 radical (unpaired) electrons. The Morgan fingerprint density at radius 3 is 1.94 bits per heavy atom. The van der Waals surface area contributed by atoms with Crippen LogP contribution in [0, 0.1) is 11.5 Å². The molecule has 0 atom stereocenters. The highest BCUT2D eigenvalue weighted by atomic mass is 15.1. The van der Waals surface area contributed by atoms with Gasteiger partial charge in [-0.25, -0.2) is 9.97 Å². The molecule has 31 heavy (non-hydrogen) atoms. The van der Waals surface area contributed by atoms with Gasteiger partial charge in [0.1, 0.15) is 11.6 Å². The minimum Gasteiger partial charge on any atom is -0.383 e. The summed E-state index contributed by atoms with van der Waals surface area (Å²) in [6, 6.07) is 16.0. The first-order chi connectivity index (χ1) is 14.5. The van der Waals surface area contributed by atoms with Crippen LogP contribution in [-0.4, -0.2) is 29.0 Å². The number of benzene rings is 2. The fraction of sp³-hybridized carbons (Fsp3) is 0.208. The van der Waals surface area contributed by atoms with Gasteiger partial charge < -0.3 is 21.7 Å². The Labute approximate surface area is 183 Å². The SMILES string of the molecule is C.CN(C#N)Cc1ccc2c(N)nccc2c1.CNCc1ccc2c(N)nccc2c1. The maximum atomic E-state index is 8.70. The molecule has 5 N–H and O–H groups in total. The molecule has 0 aliphatic heterocycles. The average molecular weight is 416 g/mol. The molecule has 2 aromatic heterocycles. The predicted molar refractivity (Wildman–Crippen MR) is 129 cm³/mol. The Bertz CT molecular complexity index is 1200. The molecule has 7 heteroatoms. The predicted octanol–water partition coefficient (Wildman–Crippen LogP) is 3.90. The standard InChI is InChI=1S/C12H12N4.C11H13N3.CH4/c1-16(8-13)7-9-2-3-11-10(6-9)4-5-15-12(11)14;1-13-7-8-2-3-10-9(6-8)4-5-14-11(10)12;/h2-6H,7H2,1H3,(H2,14,15);2-6,13H,7H2,1H3,(H2,12,14);1H4. The molecule has 0 aliphatic carbocycles. The summed E-state index contributed by atoms with van der Waals surface area (Å²) in [5, 5.41) is 16.0. The van der Waals surface area contributed by atoms with E-state index in [0.717, 1.165) is 33.7 Å². The molecule has 0 aliphatic rings. The van der Waals surface area contributed by atoms with E-state index in [2.05, 4.69) is 33.6 Å². The zero-order valence-corrected chi connectivity index (χ0v) is 17.1. The van der Waals surface area contributed by atoms with Gasteiger partial charge in [-0.05, 0) is 53.2 Å². The molecular formula is C24H29N7. The third-order valence-corrected chi connectivity index (χ3v) is 4.69. The molecule has 2 aromatic carbocycles. The minimum atomic E-state index is 0. The van der Waals surface area contributed by atoms with Crippen LogP contribution in [0.4, 0.5) is 11.6 Å². The number of rotatable bonds is 4. The molecule has 4 aromatic rings. The molecule has 0 spiro atoms. The van der Waals surface area contributed by atoms with E-state index in [0.29, 0.717) is 18.2 Å². The lowest BCUT2D eigenvalue weighted by atomic mass is 10.1. The van der Waals surface area contributed by atoms with Gasteiger partial charge in [0.05, 0.1) is 6.54 Å². The molecule has 0 fully saturated rings. The van der Waals surface area contributed by atoms with Gasteiger partial charge in [-0.2, -0.15) is 5.26 Å². The second-order valence-electron chi connectivity index (χ2n) is 6.99. The van der Waals surface area contributed by atoms with E-state index in [1.54, 1.807) is 24.3 Å². The number of nitrogens with one attached hydrogen (secondary N) is 1. The lowest BCUT2D eigenvalue weighted by molar-refractivity contribution is 0.470. The van der Waals surface area contributed by atoms with Crippen molar-refractivity contribution in [3.05, 3.63) is 72.1 Å². The van der Waals surface area contributed by atoms with Gasteiger partial charge in [-0.15, -0.1) is 0 Å². The summed E-state index contributed by atoms with van der Waals surface area (Å²) in [4.78, 5) is 9.65. The Balaban J connectivity index is 0.000000215. The molecule has 0 amide bonds. The maximum Gasteiger partial charge on any atom is 0.179 e. The third kappa shape index (κ3) is 5.81. The fourth-order valence-corrected chi connectivity index (χ4v) is 3.22. The Morgan fingerprint density at radius 1 is 0.903 bits per heavy atom. The quantitative estimate of drug-likeness (QED) is 0.342. The lowest BCUT2D eigenvalue weighted by Crippen LogP contribution is -2.09. The minimum absolute atomic E-state index is 0. The van der Waals surface area contributed by atoms with Crippen molar-refractivity contribution < 1.29 is 0 Å². The number of anilines is 2. The molecule has 0 bridgehead atoms. The fourth-order valence-electron chi connectivity index (χ4n) is 3.22. The van der Waals surface area contributed by atoms with E-state index in [-0.39, 0.29) is 7.43 Å². The third-order valence-electron chi connectivity index (χ3n) is 4.69. The maximum absolute atomic E-state index is 8.70. The number of hydrogen-bond donors (Lipinski definition) is 3. The highest BCUT2D eigenvalue weighted by Crippen LogP contribution is 2.21. The van der Waals surface area contributed by atoms with E-state index in [1.165, 1.54) is 5.56 Å². The van der Waals surface area contributed by atoms with Crippen LogP contribution < -0.4 is 16.8 Å². The van der Waals surface area contributed by atoms with Gasteiger partial charge in [0.15, 0.2) is 6.19 Å². The van der Waals surface area contributed by atoms with Crippen molar-refractivity contribution in [2.45, 2.75) is 20.5 Å². The molecule has 7 nitrogen and oxygen atoms in total. The topological polar surface area (TPSA) is 117 Å². The van der Waals surface area contributed by atoms with Gasteiger partial charge in [0, 0.05) is 36.8 Å². The zero-order chi connectivity index (χ0) is 21.5. The largest absolute Gasteiger partial charge is 0.383 e. The van der Waals surface area contributed by atoms with Gasteiger partial charge >= 0.3 is 0 Å². The highest BCUT2D eigenvalue weighted by molar-refractivity contribution is 5.91. The van der Waals surface area contributed by atoms with Gasteiger partial charge in [0.25, 0.3) is 0 Å². The van der Waals surface area contributed by atoms with E-state index >= 15 is 0 Å². The summed E-state index contributed by atoms with van der Waals surface area (Å²) >= 11 is 0. The number of pyridine rings is 2. The zero-order valence-electron chi connectivity index (χ0n) is 17.1. The molecule has 160 valence electrons. The van der Waals surface area contributed by atoms with Crippen molar-refractivity contribution >= 4 is 33.2 Å². The first kappa shape index (κ1) is 23.4. The van der Waals surface area contributed by atoms with Crippen LogP contribution >= 0.6 is 0 Å². The number of hydrogen-bond acceptors (Lipinski definition) is 7. The summed E-state index contributed by atoms with van der Waals surface area (Å²) in [5.41, 5.74) is 13.9. The normalized spacial score (nSPS) is 9.97. The average Bonchev–Trinajstić information content (AvgIpc) is 2.74. The second-order valence-corrected chi connectivity index (χ2v) is 6.99. The smallest absolute Gasteiger partial charge is 0.179 e. The summed E-state index contributed by atoms with van der Waals surface area (Å²) in [7, 11) is 3.69. The van der Waals surface area contributed by atoms with Crippen molar-refractivity contribution in [2.75, 3.05) is 25.6 Å². The summed E-state index contributed by atoms with van der Waals surface area (Å²) in [5.74, 6) is 1.14. The van der Waals surface area contributed by atoms with E-state index < -0.39 is 0 Å². The number of nitrogens with two attached hydrogens (primary N) is 2. The molecule has 4 rings (SSSR count). The second kappa shape index (κ2) is 10.8. The highest BCUT2D eigenvalue weighted by Gasteiger charge is 2.02. The van der Waals surface area contributed by atoms with E-state index in [1.807, 2.05) is 43.4 Å². The van der Waals surface area contributed by atoms with Crippen LogP contribution in [0.3, 0.4) is 0 Å². The lowest BCUT2D eigenvalue weighted by Gasteiger charge is -2.09. The van der Waals surface area contributed by atoms with Crippen LogP contribution in [0.15, 0.2) is 60.9 Å².